The van der Waals surface area contributed by atoms with Crippen LogP contribution < -0.4 is 5.32 Å². The van der Waals surface area contributed by atoms with Crippen molar-refractivity contribution in [1.29, 1.82) is 0 Å². The van der Waals surface area contributed by atoms with E-state index in [-0.39, 0.29) is 5.54 Å². The monoisotopic (exact) mass is 284 g/mol. The van der Waals surface area contributed by atoms with Crippen LogP contribution >= 0.6 is 23.1 Å². The summed E-state index contributed by atoms with van der Waals surface area (Å²) in [6.45, 7) is 7.75. The first-order valence-electron chi connectivity index (χ1n) is 7.01. The average molecular weight is 284 g/mol. The van der Waals surface area contributed by atoms with Gasteiger partial charge in [-0.25, -0.2) is 4.98 Å². The lowest BCUT2D eigenvalue weighted by Gasteiger charge is -2.36. The molecule has 2 rings (SSSR count). The highest BCUT2D eigenvalue weighted by atomic mass is 32.2. The molecular formula is C14H24N2S2. The molecule has 1 atom stereocenters. The third-order valence-corrected chi connectivity index (χ3v) is 6.08. The van der Waals surface area contributed by atoms with Crippen molar-refractivity contribution in [3.05, 3.63) is 15.6 Å². The highest BCUT2D eigenvalue weighted by Gasteiger charge is 2.36. The van der Waals surface area contributed by atoms with Crippen molar-refractivity contribution in [2.24, 2.45) is 0 Å². The molecule has 1 aromatic rings. The molecule has 1 aromatic heterocycles. The first kappa shape index (κ1) is 14.4. The number of rotatable bonds is 5. The molecular weight excluding hydrogens is 260 g/mol. The maximum atomic E-state index is 4.92. The van der Waals surface area contributed by atoms with Crippen LogP contribution in [0.4, 0.5) is 0 Å². The third-order valence-electron chi connectivity index (χ3n) is 3.59. The summed E-state index contributed by atoms with van der Waals surface area (Å²) in [4.78, 5) is 6.32. The zero-order valence-electron chi connectivity index (χ0n) is 11.7. The standard InChI is InChI=1S/C14H24N2S2/c1-4-8-15-14(7-6-9-17-10-14)13-16-12(5-2)11(3)18-13/h15H,4-10H2,1-3H3. The van der Waals surface area contributed by atoms with Gasteiger partial charge in [0.15, 0.2) is 0 Å². The van der Waals surface area contributed by atoms with E-state index >= 15 is 0 Å². The second kappa shape index (κ2) is 6.40. The van der Waals surface area contributed by atoms with Gasteiger partial charge in [-0.1, -0.05) is 13.8 Å². The molecule has 0 aliphatic carbocycles. The van der Waals surface area contributed by atoms with Gasteiger partial charge in [-0.05, 0) is 44.9 Å². The number of hydrogen-bond acceptors (Lipinski definition) is 4. The summed E-state index contributed by atoms with van der Waals surface area (Å²) in [5.41, 5.74) is 1.45. The molecule has 4 heteroatoms. The molecule has 102 valence electrons. The molecule has 0 radical (unpaired) electrons. The van der Waals surface area contributed by atoms with Crippen molar-refractivity contribution in [3.8, 4) is 0 Å². The Bertz CT molecular complexity index is 381. The summed E-state index contributed by atoms with van der Waals surface area (Å²) >= 11 is 3.98. The third kappa shape index (κ3) is 2.91. The predicted octanol–water partition coefficient (Wildman–Crippen LogP) is 3.74. The summed E-state index contributed by atoms with van der Waals surface area (Å²) in [5, 5.41) is 5.12. The van der Waals surface area contributed by atoms with Crippen LogP contribution in [-0.4, -0.2) is 23.0 Å². The van der Waals surface area contributed by atoms with Crippen molar-refractivity contribution in [3.63, 3.8) is 0 Å². The summed E-state index contributed by atoms with van der Waals surface area (Å²) < 4.78 is 0. The first-order chi connectivity index (χ1) is 8.72. The normalized spacial score (nSPS) is 24.4. The Morgan fingerprint density at radius 3 is 2.78 bits per heavy atom. The van der Waals surface area contributed by atoms with Crippen LogP contribution in [0.25, 0.3) is 0 Å². The van der Waals surface area contributed by atoms with E-state index in [9.17, 15) is 0 Å². The minimum atomic E-state index is 0.155. The quantitative estimate of drug-likeness (QED) is 0.891. The smallest absolute Gasteiger partial charge is 0.114 e. The Balaban J connectivity index is 2.26. The van der Waals surface area contributed by atoms with Gasteiger partial charge in [0.2, 0.25) is 0 Å². The van der Waals surface area contributed by atoms with Gasteiger partial charge in [-0.2, -0.15) is 11.8 Å². The molecule has 2 heterocycles. The molecule has 1 saturated heterocycles. The Kier molecular flexibility index (Phi) is 5.10. The van der Waals surface area contributed by atoms with E-state index in [0.29, 0.717) is 0 Å². The Hall–Kier alpha value is -0.0600. The van der Waals surface area contributed by atoms with E-state index in [4.69, 9.17) is 4.98 Å². The van der Waals surface area contributed by atoms with Gasteiger partial charge in [0.1, 0.15) is 5.01 Å². The number of nitrogens with one attached hydrogen (secondary N) is 1. The van der Waals surface area contributed by atoms with E-state index in [1.54, 1.807) is 0 Å². The minimum Gasteiger partial charge on any atom is -0.305 e. The summed E-state index contributed by atoms with van der Waals surface area (Å²) in [6, 6.07) is 0. The molecule has 1 unspecified atom stereocenters. The zero-order valence-corrected chi connectivity index (χ0v) is 13.3. The predicted molar refractivity (Wildman–Crippen MR) is 82.8 cm³/mol. The van der Waals surface area contributed by atoms with Crippen LogP contribution in [0, 0.1) is 6.92 Å². The Morgan fingerprint density at radius 2 is 2.22 bits per heavy atom. The fourth-order valence-electron chi connectivity index (χ4n) is 2.50. The number of aryl methyl sites for hydroxylation is 2. The maximum Gasteiger partial charge on any atom is 0.114 e. The summed E-state index contributed by atoms with van der Waals surface area (Å²) in [7, 11) is 0. The maximum absolute atomic E-state index is 4.92. The van der Waals surface area contributed by atoms with E-state index in [0.717, 1.165) is 13.0 Å². The van der Waals surface area contributed by atoms with E-state index in [1.807, 2.05) is 11.3 Å². The Labute approximate surface area is 119 Å². The van der Waals surface area contributed by atoms with Gasteiger partial charge in [-0.3, -0.25) is 0 Å². The molecule has 0 spiro atoms. The van der Waals surface area contributed by atoms with Gasteiger partial charge in [0, 0.05) is 10.6 Å². The van der Waals surface area contributed by atoms with E-state index in [2.05, 4.69) is 37.8 Å². The van der Waals surface area contributed by atoms with Crippen LogP contribution in [0.1, 0.15) is 48.7 Å². The van der Waals surface area contributed by atoms with Crippen LogP contribution in [-0.2, 0) is 12.0 Å². The molecule has 0 amide bonds. The first-order valence-corrected chi connectivity index (χ1v) is 8.98. The number of nitrogens with zero attached hydrogens (tertiary/aromatic N) is 1. The van der Waals surface area contributed by atoms with Crippen molar-refractivity contribution < 1.29 is 0 Å². The van der Waals surface area contributed by atoms with Gasteiger partial charge >= 0.3 is 0 Å². The molecule has 0 bridgehead atoms. The lowest BCUT2D eigenvalue weighted by atomic mass is 9.96. The second-order valence-electron chi connectivity index (χ2n) is 5.04. The Morgan fingerprint density at radius 1 is 1.39 bits per heavy atom. The molecule has 0 aromatic carbocycles. The number of hydrogen-bond donors (Lipinski definition) is 1. The van der Waals surface area contributed by atoms with Crippen LogP contribution in [0.5, 0.6) is 0 Å². The van der Waals surface area contributed by atoms with Gasteiger partial charge in [0.05, 0.1) is 11.2 Å². The number of thioether (sulfide) groups is 1. The van der Waals surface area contributed by atoms with Crippen molar-refractivity contribution in [2.45, 2.75) is 52.0 Å². The van der Waals surface area contributed by atoms with E-state index < -0.39 is 0 Å². The minimum absolute atomic E-state index is 0.155. The molecule has 1 fully saturated rings. The largest absolute Gasteiger partial charge is 0.305 e. The lowest BCUT2D eigenvalue weighted by Crippen LogP contribution is -2.46. The second-order valence-corrected chi connectivity index (χ2v) is 7.35. The average Bonchev–Trinajstić information content (AvgIpc) is 2.79. The lowest BCUT2D eigenvalue weighted by molar-refractivity contribution is 0.337. The fourth-order valence-corrected chi connectivity index (χ4v) is 5.01. The van der Waals surface area contributed by atoms with Crippen molar-refractivity contribution >= 4 is 23.1 Å². The van der Waals surface area contributed by atoms with Crippen LogP contribution in [0.15, 0.2) is 0 Å². The molecule has 2 nitrogen and oxygen atoms in total. The molecule has 18 heavy (non-hydrogen) atoms. The van der Waals surface area contributed by atoms with Crippen LogP contribution in [0.2, 0.25) is 0 Å². The topological polar surface area (TPSA) is 24.9 Å². The van der Waals surface area contributed by atoms with Crippen molar-refractivity contribution in [2.75, 3.05) is 18.1 Å². The van der Waals surface area contributed by atoms with Crippen molar-refractivity contribution in [1.82, 2.24) is 10.3 Å². The van der Waals surface area contributed by atoms with E-state index in [1.165, 1.54) is 46.3 Å². The van der Waals surface area contributed by atoms with Gasteiger partial charge < -0.3 is 5.32 Å². The van der Waals surface area contributed by atoms with Gasteiger partial charge in [0.25, 0.3) is 0 Å². The van der Waals surface area contributed by atoms with Gasteiger partial charge in [-0.15, -0.1) is 11.3 Å². The zero-order chi connectivity index (χ0) is 13.0. The fraction of sp³-hybridized carbons (Fsp3) is 0.786. The highest BCUT2D eigenvalue weighted by molar-refractivity contribution is 7.99. The summed E-state index contributed by atoms with van der Waals surface area (Å²) in [5.74, 6) is 2.49. The number of thiazole rings is 1. The molecule has 0 saturated carbocycles. The molecule has 1 N–H and O–H groups in total. The molecule has 1 aliphatic heterocycles. The summed E-state index contributed by atoms with van der Waals surface area (Å²) in [6.07, 6.45) is 4.80. The highest BCUT2D eigenvalue weighted by Crippen LogP contribution is 2.38. The SMILES string of the molecule is CCCNC1(c2nc(CC)c(C)s2)CCCSC1. The molecule has 1 aliphatic rings. The van der Waals surface area contributed by atoms with Crippen LogP contribution in [0.3, 0.4) is 0 Å². The number of aromatic nitrogens is 1.